The largest absolute Gasteiger partial charge is 0.492 e. The number of ether oxygens (including phenoxy) is 1. The molecule has 168 valence electrons. The molecule has 33 heavy (non-hydrogen) atoms. The van der Waals surface area contributed by atoms with E-state index >= 15 is 0 Å². The van der Waals surface area contributed by atoms with Crippen molar-refractivity contribution < 1.29 is 14.3 Å². The van der Waals surface area contributed by atoms with E-state index in [4.69, 9.17) is 16.3 Å². The van der Waals surface area contributed by atoms with E-state index in [0.29, 0.717) is 39.9 Å². The van der Waals surface area contributed by atoms with Crippen molar-refractivity contribution in [3.05, 3.63) is 93.6 Å². The Labute approximate surface area is 198 Å². The van der Waals surface area contributed by atoms with Gasteiger partial charge in [-0.3, -0.25) is 9.59 Å². The van der Waals surface area contributed by atoms with Gasteiger partial charge < -0.3 is 10.1 Å². The fourth-order valence-electron chi connectivity index (χ4n) is 3.81. The molecule has 0 aliphatic carbocycles. The highest BCUT2D eigenvalue weighted by atomic mass is 35.5. The van der Waals surface area contributed by atoms with Crippen molar-refractivity contribution in [2.24, 2.45) is 0 Å². The lowest BCUT2D eigenvalue weighted by Gasteiger charge is -2.19. The summed E-state index contributed by atoms with van der Waals surface area (Å²) in [6.45, 7) is 8.18. The topological polar surface area (TPSA) is 58.6 Å². The number of benzene rings is 3. The zero-order valence-corrected chi connectivity index (χ0v) is 19.8. The van der Waals surface area contributed by atoms with Crippen LogP contribution in [0.25, 0.3) is 5.57 Å². The molecule has 1 heterocycles. The number of rotatable bonds is 6. The van der Waals surface area contributed by atoms with Crippen LogP contribution in [0.3, 0.4) is 0 Å². The highest BCUT2D eigenvalue weighted by molar-refractivity contribution is 6.46. The van der Waals surface area contributed by atoms with Crippen LogP contribution in [-0.4, -0.2) is 18.4 Å². The van der Waals surface area contributed by atoms with Crippen molar-refractivity contribution in [3.8, 4) is 5.75 Å². The fraction of sp³-hybridized carbons (Fsp3) is 0.185. The average Bonchev–Trinajstić information content (AvgIpc) is 3.03. The van der Waals surface area contributed by atoms with Gasteiger partial charge in [-0.15, -0.1) is 0 Å². The summed E-state index contributed by atoms with van der Waals surface area (Å²) in [4.78, 5) is 28.6. The van der Waals surface area contributed by atoms with E-state index < -0.39 is 11.8 Å². The minimum absolute atomic E-state index is 0.208. The first-order valence-corrected chi connectivity index (χ1v) is 11.1. The molecule has 0 aromatic heterocycles. The fourth-order valence-corrected chi connectivity index (χ4v) is 3.98. The molecule has 2 amide bonds. The number of para-hydroxylation sites is 2. The number of anilines is 2. The molecule has 0 bridgehead atoms. The predicted molar refractivity (Wildman–Crippen MR) is 133 cm³/mol. The SMILES string of the molecule is CCOc1ccccc1N1C(=O)C(Nc2cc(Cl)ccc2C)=C(c2ccc(C)c(C)c2)C1=O. The molecule has 0 fully saturated rings. The summed E-state index contributed by atoms with van der Waals surface area (Å²) in [5.41, 5.74) is 5.32. The lowest BCUT2D eigenvalue weighted by atomic mass is 9.99. The van der Waals surface area contributed by atoms with Crippen molar-refractivity contribution in [1.82, 2.24) is 0 Å². The molecule has 1 N–H and O–H groups in total. The first-order chi connectivity index (χ1) is 15.8. The van der Waals surface area contributed by atoms with Crippen molar-refractivity contribution in [2.45, 2.75) is 27.7 Å². The van der Waals surface area contributed by atoms with E-state index in [1.54, 1.807) is 30.3 Å². The van der Waals surface area contributed by atoms with E-state index in [-0.39, 0.29) is 5.70 Å². The van der Waals surface area contributed by atoms with Crippen LogP contribution in [0.2, 0.25) is 5.02 Å². The molecular formula is C27H25ClN2O3. The summed E-state index contributed by atoms with van der Waals surface area (Å²) in [5, 5.41) is 3.74. The highest BCUT2D eigenvalue weighted by Gasteiger charge is 2.41. The Kier molecular flexibility index (Phi) is 6.25. The summed E-state index contributed by atoms with van der Waals surface area (Å²) in [6, 6.07) is 18.2. The molecule has 0 atom stereocenters. The molecule has 0 unspecified atom stereocenters. The van der Waals surface area contributed by atoms with Crippen LogP contribution in [0.1, 0.15) is 29.2 Å². The number of hydrogen-bond donors (Lipinski definition) is 1. The van der Waals surface area contributed by atoms with E-state index in [1.165, 1.54) is 4.90 Å². The number of carbonyl (C=O) groups excluding carboxylic acids is 2. The van der Waals surface area contributed by atoms with E-state index in [1.807, 2.05) is 58.0 Å². The van der Waals surface area contributed by atoms with Crippen LogP contribution in [0.15, 0.2) is 66.4 Å². The quantitative estimate of drug-likeness (QED) is 0.454. The zero-order valence-electron chi connectivity index (χ0n) is 19.0. The minimum Gasteiger partial charge on any atom is -0.492 e. The molecule has 1 aliphatic rings. The van der Waals surface area contributed by atoms with Crippen LogP contribution in [0, 0.1) is 20.8 Å². The van der Waals surface area contributed by atoms with Crippen molar-refractivity contribution >= 4 is 40.4 Å². The maximum absolute atomic E-state index is 13.7. The van der Waals surface area contributed by atoms with Gasteiger partial charge in [0, 0.05) is 10.7 Å². The van der Waals surface area contributed by atoms with Crippen LogP contribution in [0.5, 0.6) is 5.75 Å². The van der Waals surface area contributed by atoms with E-state index in [0.717, 1.165) is 16.7 Å². The summed E-state index contributed by atoms with van der Waals surface area (Å²) < 4.78 is 5.71. The summed E-state index contributed by atoms with van der Waals surface area (Å²) >= 11 is 6.20. The minimum atomic E-state index is -0.445. The van der Waals surface area contributed by atoms with Gasteiger partial charge in [-0.25, -0.2) is 4.90 Å². The summed E-state index contributed by atoms with van der Waals surface area (Å²) in [6.07, 6.45) is 0. The van der Waals surface area contributed by atoms with Crippen molar-refractivity contribution in [1.29, 1.82) is 0 Å². The average molecular weight is 461 g/mol. The Balaban J connectivity index is 1.88. The van der Waals surface area contributed by atoms with Gasteiger partial charge in [-0.05, 0) is 74.2 Å². The van der Waals surface area contributed by atoms with Gasteiger partial charge >= 0.3 is 0 Å². The van der Waals surface area contributed by atoms with Gasteiger partial charge in [0.25, 0.3) is 11.8 Å². The normalized spacial score (nSPS) is 13.7. The Hall–Kier alpha value is -3.57. The lowest BCUT2D eigenvalue weighted by Crippen LogP contribution is -2.32. The Morgan fingerprint density at radius 3 is 2.33 bits per heavy atom. The number of halogens is 1. The van der Waals surface area contributed by atoms with Crippen LogP contribution in [0.4, 0.5) is 11.4 Å². The second-order valence-corrected chi connectivity index (χ2v) is 8.42. The Morgan fingerprint density at radius 1 is 0.879 bits per heavy atom. The Morgan fingerprint density at radius 2 is 1.61 bits per heavy atom. The molecule has 0 saturated carbocycles. The summed E-state index contributed by atoms with van der Waals surface area (Å²) in [5.74, 6) is -0.376. The smallest absolute Gasteiger partial charge is 0.282 e. The molecule has 0 spiro atoms. The van der Waals surface area contributed by atoms with Crippen LogP contribution < -0.4 is 15.0 Å². The number of amides is 2. The number of nitrogens with one attached hydrogen (secondary N) is 1. The number of aryl methyl sites for hydroxylation is 3. The van der Waals surface area contributed by atoms with Crippen molar-refractivity contribution in [2.75, 3.05) is 16.8 Å². The lowest BCUT2D eigenvalue weighted by molar-refractivity contribution is -0.120. The van der Waals surface area contributed by atoms with Gasteiger partial charge in [0.1, 0.15) is 11.4 Å². The molecule has 4 rings (SSSR count). The maximum atomic E-state index is 13.7. The zero-order chi connectivity index (χ0) is 23.7. The van der Waals surface area contributed by atoms with Gasteiger partial charge in [-0.2, -0.15) is 0 Å². The number of hydrogen-bond acceptors (Lipinski definition) is 4. The molecule has 1 aliphatic heterocycles. The van der Waals surface area contributed by atoms with E-state index in [9.17, 15) is 9.59 Å². The van der Waals surface area contributed by atoms with E-state index in [2.05, 4.69) is 5.32 Å². The van der Waals surface area contributed by atoms with Crippen LogP contribution >= 0.6 is 11.6 Å². The number of carbonyl (C=O) groups is 2. The molecule has 3 aromatic carbocycles. The highest BCUT2D eigenvalue weighted by Crippen LogP contribution is 2.38. The number of nitrogens with zero attached hydrogens (tertiary/aromatic N) is 1. The molecular weight excluding hydrogens is 436 g/mol. The van der Waals surface area contributed by atoms with Gasteiger partial charge in [0.05, 0.1) is 17.9 Å². The predicted octanol–water partition coefficient (Wildman–Crippen LogP) is 6.06. The monoisotopic (exact) mass is 460 g/mol. The second-order valence-electron chi connectivity index (χ2n) is 7.98. The first kappa shape index (κ1) is 22.6. The third-order valence-corrected chi connectivity index (χ3v) is 5.98. The molecule has 3 aromatic rings. The third-order valence-electron chi connectivity index (χ3n) is 5.74. The molecule has 6 heteroatoms. The summed E-state index contributed by atoms with van der Waals surface area (Å²) in [7, 11) is 0. The van der Waals surface area contributed by atoms with Gasteiger partial charge in [0.15, 0.2) is 0 Å². The molecule has 0 radical (unpaired) electrons. The van der Waals surface area contributed by atoms with Crippen LogP contribution in [-0.2, 0) is 9.59 Å². The second kappa shape index (κ2) is 9.12. The number of imide groups is 1. The van der Waals surface area contributed by atoms with Gasteiger partial charge in [-0.1, -0.05) is 48.0 Å². The first-order valence-electron chi connectivity index (χ1n) is 10.8. The van der Waals surface area contributed by atoms with Gasteiger partial charge in [0.2, 0.25) is 0 Å². The third kappa shape index (κ3) is 4.24. The maximum Gasteiger partial charge on any atom is 0.282 e. The van der Waals surface area contributed by atoms with Crippen molar-refractivity contribution in [3.63, 3.8) is 0 Å². The standard InChI is InChI=1S/C27H25ClN2O3/c1-5-33-23-9-7-6-8-22(23)30-26(31)24(19-12-10-16(2)18(4)14-19)25(27(30)32)29-21-15-20(28)13-11-17(21)3/h6-15,29H,5H2,1-4H3. The molecule has 5 nitrogen and oxygen atoms in total. The molecule has 0 saturated heterocycles. The Bertz CT molecular complexity index is 1300.